The maximum Gasteiger partial charge on any atom is 0.246 e. The van der Waals surface area contributed by atoms with Crippen molar-refractivity contribution in [1.29, 1.82) is 0 Å². The summed E-state index contributed by atoms with van der Waals surface area (Å²) in [7, 11) is 0. The van der Waals surface area contributed by atoms with E-state index in [0.29, 0.717) is 12.6 Å². The predicted molar refractivity (Wildman–Crippen MR) is 104 cm³/mol. The van der Waals surface area contributed by atoms with Crippen molar-refractivity contribution in [1.82, 2.24) is 4.90 Å². The molecule has 1 aliphatic rings. The molecule has 0 aliphatic carbocycles. The fourth-order valence-electron chi connectivity index (χ4n) is 3.43. The van der Waals surface area contributed by atoms with Crippen molar-refractivity contribution >= 4 is 5.91 Å². The highest BCUT2D eigenvalue weighted by Gasteiger charge is 2.19. The van der Waals surface area contributed by atoms with E-state index in [9.17, 15) is 4.79 Å². The van der Waals surface area contributed by atoms with Gasteiger partial charge in [0.15, 0.2) is 0 Å². The third-order valence-corrected chi connectivity index (χ3v) is 5.00. The molecule has 0 saturated heterocycles. The van der Waals surface area contributed by atoms with Crippen LogP contribution in [-0.2, 0) is 4.79 Å². The number of nitrogens with zero attached hydrogens (tertiary/aromatic N) is 1. The molecule has 1 heterocycles. The van der Waals surface area contributed by atoms with E-state index in [4.69, 9.17) is 5.73 Å². The molecule has 1 amide bonds. The molecule has 0 spiro atoms. The van der Waals surface area contributed by atoms with Crippen LogP contribution in [0, 0.1) is 0 Å². The number of hydrogen-bond donors (Lipinski definition) is 1. The maximum atomic E-state index is 11.5. The Labute approximate surface area is 149 Å². The minimum atomic E-state index is -0.283. The van der Waals surface area contributed by atoms with E-state index in [1.807, 2.05) is 12.2 Å². The van der Waals surface area contributed by atoms with Crippen LogP contribution < -0.4 is 5.73 Å². The second-order valence-corrected chi connectivity index (χ2v) is 7.13. The second kappa shape index (κ2) is 13.1. The number of amides is 1. The van der Waals surface area contributed by atoms with Gasteiger partial charge in [0.25, 0.3) is 0 Å². The summed E-state index contributed by atoms with van der Waals surface area (Å²) in [6.07, 6.45) is 21.7. The summed E-state index contributed by atoms with van der Waals surface area (Å²) < 4.78 is 0. The van der Waals surface area contributed by atoms with Gasteiger partial charge in [-0.2, -0.15) is 0 Å². The van der Waals surface area contributed by atoms with Gasteiger partial charge in [-0.1, -0.05) is 84.1 Å². The van der Waals surface area contributed by atoms with E-state index in [2.05, 4.69) is 24.9 Å². The predicted octanol–water partition coefficient (Wildman–Crippen LogP) is 5.32. The first-order valence-corrected chi connectivity index (χ1v) is 10.1. The summed E-state index contributed by atoms with van der Waals surface area (Å²) >= 11 is 0. The lowest BCUT2D eigenvalue weighted by molar-refractivity contribution is -0.114. The fraction of sp³-hybridized carbons (Fsp3) is 0.762. The van der Waals surface area contributed by atoms with Crippen molar-refractivity contribution in [2.75, 3.05) is 6.54 Å². The van der Waals surface area contributed by atoms with Crippen LogP contribution >= 0.6 is 0 Å². The summed E-state index contributed by atoms with van der Waals surface area (Å²) in [4.78, 5) is 13.8. The number of unbranched alkanes of at least 4 members (excludes halogenated alkanes) is 8. The summed E-state index contributed by atoms with van der Waals surface area (Å²) in [5.41, 5.74) is 6.21. The van der Waals surface area contributed by atoms with Gasteiger partial charge in [0.1, 0.15) is 0 Å². The van der Waals surface area contributed by atoms with Gasteiger partial charge in [-0.05, 0) is 25.1 Å². The molecule has 3 nitrogen and oxygen atoms in total. The zero-order valence-electron chi connectivity index (χ0n) is 15.9. The molecule has 3 heteroatoms. The Morgan fingerprint density at radius 3 is 2.04 bits per heavy atom. The molecule has 0 fully saturated rings. The van der Waals surface area contributed by atoms with Gasteiger partial charge in [0.05, 0.1) is 0 Å². The summed E-state index contributed by atoms with van der Waals surface area (Å²) in [6.45, 7) is 5.20. The van der Waals surface area contributed by atoms with Crippen molar-refractivity contribution in [2.45, 2.75) is 96.9 Å². The molecule has 0 atom stereocenters. The van der Waals surface area contributed by atoms with Crippen LogP contribution in [0.25, 0.3) is 0 Å². The number of carbonyl (C=O) groups is 1. The second-order valence-electron chi connectivity index (χ2n) is 7.13. The normalized spacial score (nSPS) is 14.3. The fourth-order valence-corrected chi connectivity index (χ4v) is 3.43. The Kier molecular flexibility index (Phi) is 11.3. The average Bonchev–Trinajstić information content (AvgIpc) is 2.59. The Bertz CT molecular complexity index is 387. The first-order chi connectivity index (χ1) is 11.7. The highest BCUT2D eigenvalue weighted by atomic mass is 16.1. The third-order valence-electron chi connectivity index (χ3n) is 5.00. The van der Waals surface area contributed by atoms with Crippen LogP contribution in [0.4, 0.5) is 0 Å². The SMILES string of the molecule is CCCCCCCC(CCCCCCC)N1C=CC=C(C(N)=O)C1. The molecule has 24 heavy (non-hydrogen) atoms. The lowest BCUT2D eigenvalue weighted by atomic mass is 9.98. The molecule has 1 rings (SSSR count). The smallest absolute Gasteiger partial charge is 0.246 e. The standard InChI is InChI=1S/C21H38N2O/c1-3-5-7-9-11-15-20(16-12-10-8-6-4-2)23-17-13-14-19(18-23)21(22)24/h13-14,17,20H,3-12,15-16,18H2,1-2H3,(H2,22,24). The Balaban J connectivity index is 2.45. The van der Waals surface area contributed by atoms with E-state index in [-0.39, 0.29) is 5.91 Å². The Hall–Kier alpha value is -1.25. The zero-order valence-corrected chi connectivity index (χ0v) is 15.9. The highest BCUT2D eigenvalue weighted by Crippen LogP contribution is 2.21. The molecule has 0 saturated carbocycles. The van der Waals surface area contributed by atoms with Gasteiger partial charge in [0.2, 0.25) is 5.91 Å². The van der Waals surface area contributed by atoms with Crippen LogP contribution in [0.3, 0.4) is 0 Å². The van der Waals surface area contributed by atoms with Gasteiger partial charge in [-0.25, -0.2) is 0 Å². The van der Waals surface area contributed by atoms with Gasteiger partial charge < -0.3 is 10.6 Å². The van der Waals surface area contributed by atoms with E-state index >= 15 is 0 Å². The number of carbonyl (C=O) groups excluding carboxylic acids is 1. The molecule has 0 aromatic rings. The van der Waals surface area contributed by atoms with Crippen molar-refractivity contribution in [3.05, 3.63) is 23.9 Å². The topological polar surface area (TPSA) is 46.3 Å². The maximum absolute atomic E-state index is 11.5. The monoisotopic (exact) mass is 334 g/mol. The van der Waals surface area contributed by atoms with Gasteiger partial charge in [-0.15, -0.1) is 0 Å². The number of nitrogens with two attached hydrogens (primary N) is 1. The first kappa shape index (κ1) is 20.8. The molecule has 138 valence electrons. The summed E-state index contributed by atoms with van der Waals surface area (Å²) in [5, 5.41) is 0. The van der Waals surface area contributed by atoms with Crippen molar-refractivity contribution in [3.8, 4) is 0 Å². The molecule has 2 N–H and O–H groups in total. The van der Waals surface area contributed by atoms with Crippen molar-refractivity contribution in [3.63, 3.8) is 0 Å². The van der Waals surface area contributed by atoms with Crippen LogP contribution in [0.2, 0.25) is 0 Å². The first-order valence-electron chi connectivity index (χ1n) is 10.1. The number of hydrogen-bond acceptors (Lipinski definition) is 2. The van der Waals surface area contributed by atoms with E-state index in [0.717, 1.165) is 5.57 Å². The van der Waals surface area contributed by atoms with Crippen molar-refractivity contribution in [2.24, 2.45) is 5.73 Å². The van der Waals surface area contributed by atoms with Gasteiger partial charge >= 0.3 is 0 Å². The van der Waals surface area contributed by atoms with Crippen LogP contribution in [0.5, 0.6) is 0 Å². The third kappa shape index (κ3) is 8.56. The lowest BCUT2D eigenvalue weighted by Gasteiger charge is -2.33. The van der Waals surface area contributed by atoms with Gasteiger partial charge in [0, 0.05) is 18.2 Å². The molecule has 0 aromatic carbocycles. The molecule has 1 aliphatic heterocycles. The molecule has 0 unspecified atom stereocenters. The molecular weight excluding hydrogens is 296 g/mol. The van der Waals surface area contributed by atoms with Gasteiger partial charge in [-0.3, -0.25) is 4.79 Å². The quantitative estimate of drug-likeness (QED) is 0.437. The van der Waals surface area contributed by atoms with E-state index < -0.39 is 0 Å². The lowest BCUT2D eigenvalue weighted by Crippen LogP contribution is -2.36. The summed E-state index contributed by atoms with van der Waals surface area (Å²) in [5.74, 6) is -0.283. The van der Waals surface area contributed by atoms with Crippen LogP contribution in [0.1, 0.15) is 90.9 Å². The van der Waals surface area contributed by atoms with Crippen molar-refractivity contribution < 1.29 is 4.79 Å². The molecule has 0 aromatic heterocycles. The number of allylic oxidation sites excluding steroid dienone is 2. The largest absolute Gasteiger partial charge is 0.370 e. The molecule has 0 radical (unpaired) electrons. The van der Waals surface area contributed by atoms with E-state index in [1.165, 1.54) is 77.0 Å². The van der Waals surface area contributed by atoms with E-state index in [1.54, 1.807) is 0 Å². The number of rotatable bonds is 14. The highest BCUT2D eigenvalue weighted by molar-refractivity contribution is 5.92. The van der Waals surface area contributed by atoms with Crippen LogP contribution in [0.15, 0.2) is 23.9 Å². The summed E-state index contributed by atoms with van der Waals surface area (Å²) in [6, 6.07) is 0.549. The minimum Gasteiger partial charge on any atom is -0.370 e. The molecular formula is C21H38N2O. The van der Waals surface area contributed by atoms with Crippen LogP contribution in [-0.4, -0.2) is 23.4 Å². The number of primary amides is 1. The Morgan fingerprint density at radius 1 is 1.00 bits per heavy atom. The minimum absolute atomic E-state index is 0.283. The zero-order chi connectivity index (χ0) is 17.6. The average molecular weight is 335 g/mol. The Morgan fingerprint density at radius 2 is 1.54 bits per heavy atom. The molecule has 0 bridgehead atoms.